The summed E-state index contributed by atoms with van der Waals surface area (Å²) in [6, 6.07) is 6.65. The van der Waals surface area contributed by atoms with E-state index in [1.807, 2.05) is 0 Å². The minimum Gasteiger partial charge on any atom is -0.497 e. The molecule has 0 amide bonds. The Balaban J connectivity index is 1.62. The summed E-state index contributed by atoms with van der Waals surface area (Å²) in [6.07, 6.45) is 8.84. The number of carbonyl (C=O) groups excluding carboxylic acids is 1. The lowest BCUT2D eigenvalue weighted by molar-refractivity contribution is -0.129. The van der Waals surface area contributed by atoms with Gasteiger partial charge in [-0.3, -0.25) is 4.79 Å². The lowest BCUT2D eigenvalue weighted by Crippen LogP contribution is -2.44. The summed E-state index contributed by atoms with van der Waals surface area (Å²) in [6.45, 7) is 3.05. The van der Waals surface area contributed by atoms with E-state index < -0.39 is 0 Å². The van der Waals surface area contributed by atoms with Crippen molar-refractivity contribution in [1.82, 2.24) is 0 Å². The zero-order valence-electron chi connectivity index (χ0n) is 16.3. The van der Waals surface area contributed by atoms with Gasteiger partial charge in [-0.2, -0.15) is 0 Å². The molecule has 3 nitrogen and oxygen atoms in total. The first-order valence-corrected chi connectivity index (χ1v) is 10.5. The average Bonchev–Trinajstić information content (AvgIpc) is 2.91. The lowest BCUT2D eigenvalue weighted by atomic mass is 9.54. The molecule has 1 aromatic carbocycles. The van der Waals surface area contributed by atoms with Crippen LogP contribution in [0.1, 0.15) is 68.9 Å². The van der Waals surface area contributed by atoms with E-state index in [9.17, 15) is 4.79 Å². The van der Waals surface area contributed by atoms with Gasteiger partial charge < -0.3 is 10.5 Å². The molecule has 0 radical (unpaired) electrons. The van der Waals surface area contributed by atoms with Crippen LogP contribution in [0.15, 0.2) is 18.2 Å². The van der Waals surface area contributed by atoms with Crippen molar-refractivity contribution in [2.24, 2.45) is 28.9 Å². The number of fused-ring (bicyclic) bond motifs is 5. The third kappa shape index (κ3) is 2.79. The number of unbranched alkanes of at least 4 members (excludes halogenated alkanes) is 1. The number of hydrogen-bond donors (Lipinski definition) is 1. The Labute approximate surface area is 157 Å². The molecule has 0 saturated heterocycles. The summed E-state index contributed by atoms with van der Waals surface area (Å²) in [5.41, 5.74) is 8.64. The molecule has 0 aliphatic heterocycles. The minimum atomic E-state index is -0.0709. The Morgan fingerprint density at radius 3 is 2.88 bits per heavy atom. The molecule has 0 bridgehead atoms. The van der Waals surface area contributed by atoms with Crippen LogP contribution in [0.25, 0.3) is 0 Å². The topological polar surface area (TPSA) is 52.3 Å². The van der Waals surface area contributed by atoms with E-state index in [0.29, 0.717) is 29.5 Å². The fourth-order valence-electron chi connectivity index (χ4n) is 6.56. The molecule has 2 N–H and O–H groups in total. The summed E-state index contributed by atoms with van der Waals surface area (Å²) in [7, 11) is 1.75. The van der Waals surface area contributed by atoms with Crippen molar-refractivity contribution < 1.29 is 9.53 Å². The highest BCUT2D eigenvalue weighted by Crippen LogP contribution is 2.62. The number of ether oxygens (including phenoxy) is 1. The van der Waals surface area contributed by atoms with Gasteiger partial charge in [-0.15, -0.1) is 0 Å². The summed E-state index contributed by atoms with van der Waals surface area (Å²) >= 11 is 0. The number of ketones is 1. The Hall–Kier alpha value is -1.35. The van der Waals surface area contributed by atoms with Crippen LogP contribution in [-0.2, 0) is 11.2 Å². The zero-order chi connectivity index (χ0) is 18.3. The second kappa shape index (κ2) is 6.99. The predicted octanol–water partition coefficient (Wildman–Crippen LogP) is 4.48. The van der Waals surface area contributed by atoms with Crippen LogP contribution >= 0.6 is 0 Å². The maximum atomic E-state index is 12.9. The van der Waals surface area contributed by atoms with Crippen molar-refractivity contribution in [3.8, 4) is 5.75 Å². The van der Waals surface area contributed by atoms with E-state index in [4.69, 9.17) is 10.5 Å². The number of methoxy groups -OCH3 is 1. The molecule has 1 aromatic rings. The van der Waals surface area contributed by atoms with Crippen LogP contribution in [-0.4, -0.2) is 19.4 Å². The highest BCUT2D eigenvalue weighted by Gasteiger charge is 2.58. The van der Waals surface area contributed by atoms with Crippen LogP contribution in [0.2, 0.25) is 0 Å². The van der Waals surface area contributed by atoms with Gasteiger partial charge in [0.1, 0.15) is 11.5 Å². The van der Waals surface area contributed by atoms with Gasteiger partial charge in [0.2, 0.25) is 0 Å². The second-order valence-corrected chi connectivity index (χ2v) is 9.03. The van der Waals surface area contributed by atoms with Crippen LogP contribution in [0.4, 0.5) is 0 Å². The van der Waals surface area contributed by atoms with Crippen molar-refractivity contribution in [3.05, 3.63) is 29.3 Å². The van der Waals surface area contributed by atoms with Gasteiger partial charge in [-0.1, -0.05) is 19.4 Å². The number of hydrogen-bond acceptors (Lipinski definition) is 3. The number of aryl methyl sites for hydroxylation is 1. The fourth-order valence-corrected chi connectivity index (χ4v) is 6.56. The van der Waals surface area contributed by atoms with Crippen molar-refractivity contribution >= 4 is 5.78 Å². The van der Waals surface area contributed by atoms with Crippen LogP contribution < -0.4 is 10.5 Å². The largest absolute Gasteiger partial charge is 0.497 e. The second-order valence-electron chi connectivity index (χ2n) is 9.03. The summed E-state index contributed by atoms with van der Waals surface area (Å²) in [5, 5.41) is 0. The molecule has 0 spiro atoms. The molecule has 4 rings (SSSR count). The standard InChI is InChI=1S/C23H33NO2/c1-23-11-10-19-18-9-7-17(26-2)13-15(18)6-8-20(19)22(23)16(14-21(23)25)5-3-4-12-24/h7,9,13,16,19-20,22H,3-6,8,10-12,14,24H2,1-2H3/t16-,19-,20-,22+,23-/m1/s1. The lowest BCUT2D eigenvalue weighted by Gasteiger charge is -2.50. The average molecular weight is 356 g/mol. The van der Waals surface area contributed by atoms with Gasteiger partial charge in [0.05, 0.1) is 7.11 Å². The van der Waals surface area contributed by atoms with Crippen LogP contribution in [0, 0.1) is 23.2 Å². The normalized spacial score (nSPS) is 35.6. The smallest absolute Gasteiger partial charge is 0.139 e. The monoisotopic (exact) mass is 355 g/mol. The minimum absolute atomic E-state index is 0.0709. The van der Waals surface area contributed by atoms with Crippen molar-refractivity contribution in [2.45, 2.75) is 64.2 Å². The molecule has 3 aliphatic carbocycles. The van der Waals surface area contributed by atoms with E-state index in [2.05, 4.69) is 25.1 Å². The van der Waals surface area contributed by atoms with E-state index in [0.717, 1.165) is 44.4 Å². The molecule has 0 heterocycles. The van der Waals surface area contributed by atoms with Gasteiger partial charge in [0, 0.05) is 11.8 Å². The number of rotatable bonds is 5. The number of Topliss-reactive ketones (excluding diaryl/α,β-unsaturated/α-hetero) is 1. The summed E-state index contributed by atoms with van der Waals surface area (Å²) < 4.78 is 5.43. The summed E-state index contributed by atoms with van der Waals surface area (Å²) in [4.78, 5) is 12.9. The molecule has 0 aromatic heterocycles. The van der Waals surface area contributed by atoms with Crippen molar-refractivity contribution in [2.75, 3.05) is 13.7 Å². The molecule has 2 saturated carbocycles. The first-order valence-electron chi connectivity index (χ1n) is 10.5. The fraction of sp³-hybridized carbons (Fsp3) is 0.696. The number of carbonyl (C=O) groups is 1. The molecule has 3 aliphatic rings. The quantitative estimate of drug-likeness (QED) is 0.793. The number of benzene rings is 1. The molecule has 26 heavy (non-hydrogen) atoms. The SMILES string of the molecule is COc1ccc2c(c1)CC[C@H]1[C@@H]3[C@H](CCCCN)CC(=O)[C@@]3(C)CC[C@H]21. The van der Waals surface area contributed by atoms with Gasteiger partial charge in [-0.05, 0) is 92.0 Å². The maximum Gasteiger partial charge on any atom is 0.139 e. The van der Waals surface area contributed by atoms with E-state index >= 15 is 0 Å². The molecular formula is C23H33NO2. The van der Waals surface area contributed by atoms with Gasteiger partial charge in [-0.25, -0.2) is 0 Å². The first-order chi connectivity index (χ1) is 12.6. The van der Waals surface area contributed by atoms with E-state index in [1.165, 1.54) is 30.4 Å². The molecule has 0 unspecified atom stereocenters. The molecule has 142 valence electrons. The van der Waals surface area contributed by atoms with E-state index in [-0.39, 0.29) is 5.41 Å². The van der Waals surface area contributed by atoms with E-state index in [1.54, 1.807) is 7.11 Å². The Morgan fingerprint density at radius 1 is 1.27 bits per heavy atom. The highest BCUT2D eigenvalue weighted by atomic mass is 16.5. The van der Waals surface area contributed by atoms with Gasteiger partial charge >= 0.3 is 0 Å². The predicted molar refractivity (Wildman–Crippen MR) is 104 cm³/mol. The Kier molecular flexibility index (Phi) is 4.85. The summed E-state index contributed by atoms with van der Waals surface area (Å²) in [5.74, 6) is 3.96. The zero-order valence-corrected chi connectivity index (χ0v) is 16.3. The Morgan fingerprint density at radius 2 is 2.12 bits per heavy atom. The molecular weight excluding hydrogens is 322 g/mol. The third-order valence-corrected chi connectivity index (χ3v) is 7.81. The highest BCUT2D eigenvalue weighted by molar-refractivity contribution is 5.87. The van der Waals surface area contributed by atoms with Gasteiger partial charge in [0.15, 0.2) is 0 Å². The first kappa shape index (κ1) is 18.0. The molecule has 5 atom stereocenters. The van der Waals surface area contributed by atoms with Crippen molar-refractivity contribution in [3.63, 3.8) is 0 Å². The number of nitrogens with two attached hydrogens (primary N) is 1. The third-order valence-electron chi connectivity index (χ3n) is 7.81. The van der Waals surface area contributed by atoms with Crippen LogP contribution in [0.5, 0.6) is 5.75 Å². The molecule has 3 heteroatoms. The maximum absolute atomic E-state index is 12.9. The molecule has 2 fully saturated rings. The van der Waals surface area contributed by atoms with Crippen molar-refractivity contribution in [1.29, 1.82) is 0 Å². The van der Waals surface area contributed by atoms with Crippen LogP contribution in [0.3, 0.4) is 0 Å². The Bertz CT molecular complexity index is 685. The van der Waals surface area contributed by atoms with Gasteiger partial charge in [0.25, 0.3) is 0 Å².